The largest absolute Gasteiger partial charge is 0.458 e. The Bertz CT molecular complexity index is 1710. The van der Waals surface area contributed by atoms with E-state index in [0.717, 1.165) is 21.5 Å². The first-order valence-electron chi connectivity index (χ1n) is 15.9. The van der Waals surface area contributed by atoms with E-state index in [-0.39, 0.29) is 18.1 Å². The van der Waals surface area contributed by atoms with E-state index in [2.05, 4.69) is 57.6 Å². The van der Waals surface area contributed by atoms with E-state index in [1.807, 2.05) is 84.9 Å². The average molecular weight is 747 g/mol. The topological polar surface area (TPSA) is 92.8 Å². The Hall–Kier alpha value is -3.65. The van der Waals surface area contributed by atoms with Crippen molar-refractivity contribution in [3.8, 4) is 0 Å². The van der Waals surface area contributed by atoms with Crippen molar-refractivity contribution in [3.05, 3.63) is 127 Å². The predicted octanol–water partition coefficient (Wildman–Crippen LogP) is 4.48. The zero-order valence-corrected chi connectivity index (χ0v) is 30.4. The van der Waals surface area contributed by atoms with Gasteiger partial charge in [-0.05, 0) is 62.7 Å². The smallest absolute Gasteiger partial charge is 0.331 e. The Kier molecular flexibility index (Phi) is 9.76. The Morgan fingerprint density at radius 1 is 0.854 bits per heavy atom. The van der Waals surface area contributed by atoms with Crippen LogP contribution in [0.2, 0.25) is 0 Å². The molecule has 2 heterocycles. The molecular formula is C38H39BrN2O5PS+. The van der Waals surface area contributed by atoms with Crippen molar-refractivity contribution in [2.75, 3.05) is 11.9 Å². The van der Waals surface area contributed by atoms with Crippen molar-refractivity contribution in [2.24, 2.45) is 0 Å². The molecule has 2 saturated heterocycles. The molecule has 10 heteroatoms. The first-order chi connectivity index (χ1) is 22.9. The van der Waals surface area contributed by atoms with Crippen LogP contribution in [0.5, 0.6) is 0 Å². The van der Waals surface area contributed by atoms with Crippen molar-refractivity contribution < 1.29 is 23.3 Å². The van der Waals surface area contributed by atoms with Gasteiger partial charge in [0.15, 0.2) is 6.04 Å². The summed E-state index contributed by atoms with van der Waals surface area (Å²) < 4.78 is 19.2. The summed E-state index contributed by atoms with van der Waals surface area (Å²) >= 11 is 4.04. The molecule has 2 aliphatic heterocycles. The molecule has 2 fully saturated rings. The molecule has 6 rings (SSSR count). The zero-order chi connectivity index (χ0) is 34.1. The van der Waals surface area contributed by atoms with Gasteiger partial charge in [-0.1, -0.05) is 101 Å². The van der Waals surface area contributed by atoms with Gasteiger partial charge in [-0.25, -0.2) is 4.79 Å². The molecular weight excluding hydrogens is 707 g/mol. The van der Waals surface area contributed by atoms with Gasteiger partial charge in [0, 0.05) is 16.6 Å². The first kappa shape index (κ1) is 34.2. The fourth-order valence-electron chi connectivity index (χ4n) is 6.81. The molecule has 0 bridgehead atoms. The highest BCUT2D eigenvalue weighted by atomic mass is 79.9. The van der Waals surface area contributed by atoms with Gasteiger partial charge in [0.1, 0.15) is 44.5 Å². The van der Waals surface area contributed by atoms with Crippen molar-refractivity contribution in [1.82, 2.24) is 10.2 Å². The van der Waals surface area contributed by atoms with Gasteiger partial charge in [0.25, 0.3) is 0 Å². The minimum atomic E-state index is -2.56. The molecule has 4 aromatic rings. The van der Waals surface area contributed by atoms with Gasteiger partial charge in [-0.15, -0.1) is 0 Å². The second-order valence-corrected chi connectivity index (χ2v) is 19.9. The van der Waals surface area contributed by atoms with Crippen LogP contribution in [0.25, 0.3) is 0 Å². The Balaban J connectivity index is 1.43. The Morgan fingerprint density at radius 2 is 1.31 bits per heavy atom. The van der Waals surface area contributed by atoms with Gasteiger partial charge in [0.2, 0.25) is 11.8 Å². The second-order valence-electron chi connectivity index (χ2n) is 13.3. The lowest BCUT2D eigenvalue weighted by Crippen LogP contribution is -2.82. The molecule has 7 nitrogen and oxygen atoms in total. The number of amides is 2. The van der Waals surface area contributed by atoms with E-state index >= 15 is 0 Å². The number of nitrogens with zero attached hydrogens (tertiary/aromatic N) is 1. The number of hydrogen-bond acceptors (Lipinski definition) is 5. The summed E-state index contributed by atoms with van der Waals surface area (Å²) in [5.41, 5.74) is -0.0312. The molecule has 0 radical (unpaired) electrons. The zero-order valence-electron chi connectivity index (χ0n) is 27.1. The molecule has 0 aliphatic carbocycles. The maximum Gasteiger partial charge on any atom is 0.331 e. The van der Waals surface area contributed by atoms with E-state index in [1.54, 1.807) is 20.8 Å². The number of carbonyl (C=O) groups excluding carboxylic acids is 3. The van der Waals surface area contributed by atoms with E-state index in [9.17, 15) is 18.6 Å². The number of alkyl halides is 1. The van der Waals surface area contributed by atoms with Crippen LogP contribution in [0.15, 0.2) is 121 Å². The average Bonchev–Trinajstić information content (AvgIpc) is 3.07. The third-order valence-corrected chi connectivity index (χ3v) is 17.0. The highest BCUT2D eigenvalue weighted by Crippen LogP contribution is 2.60. The molecule has 248 valence electrons. The van der Waals surface area contributed by atoms with Crippen molar-refractivity contribution in [3.63, 3.8) is 0 Å². The van der Waals surface area contributed by atoms with E-state index in [0.29, 0.717) is 6.16 Å². The summed E-state index contributed by atoms with van der Waals surface area (Å²) in [6.07, 6.45) is 0.468. The summed E-state index contributed by atoms with van der Waals surface area (Å²) in [4.78, 5) is 42.8. The quantitative estimate of drug-likeness (QED) is 0.118. The number of fused-ring (bicyclic) bond motifs is 1. The summed E-state index contributed by atoms with van der Waals surface area (Å²) in [6.45, 7) is 5.37. The van der Waals surface area contributed by atoms with E-state index in [1.165, 1.54) is 4.90 Å². The van der Waals surface area contributed by atoms with Crippen LogP contribution < -0.4 is 21.2 Å². The van der Waals surface area contributed by atoms with Gasteiger partial charge in [-0.3, -0.25) is 13.8 Å². The van der Waals surface area contributed by atoms with E-state index < -0.39 is 57.3 Å². The van der Waals surface area contributed by atoms with Crippen LogP contribution in [0.4, 0.5) is 0 Å². The van der Waals surface area contributed by atoms with Crippen molar-refractivity contribution in [2.45, 2.75) is 54.6 Å². The van der Waals surface area contributed by atoms with E-state index in [4.69, 9.17) is 4.74 Å². The molecule has 5 atom stereocenters. The number of benzene rings is 4. The predicted molar refractivity (Wildman–Crippen MR) is 197 cm³/mol. The maximum absolute atomic E-state index is 14.3. The standard InChI is InChI=1S/C38H38BrN2O5PS/c1-37(2,3)46-36(44)33-38(39,26-48(45)35-32(34(43)41(33)35)40-31(42)24-27-16-8-4-9-17-27)25-47(28-18-10-5-11-19-28,29-20-12-6-13-21-29)30-22-14-7-15-23-30/h4-23,32-33,35H,24-26H2,1-3H3/p+1/t32-,33?,35-,38?,48?/m1/s1. The number of ether oxygens (including phenoxy) is 1. The normalized spacial score (nSPS) is 23.8. The van der Waals surface area contributed by atoms with Crippen LogP contribution in [0.3, 0.4) is 0 Å². The van der Waals surface area contributed by atoms with Crippen molar-refractivity contribution >= 4 is 67.7 Å². The highest BCUT2D eigenvalue weighted by molar-refractivity contribution is 9.10. The number of halogens is 1. The Labute approximate surface area is 293 Å². The number of carbonyl (C=O) groups is 3. The lowest BCUT2D eigenvalue weighted by atomic mass is 9.94. The van der Waals surface area contributed by atoms with Crippen LogP contribution in [-0.2, 0) is 36.3 Å². The van der Waals surface area contributed by atoms with Gasteiger partial charge in [-0.2, -0.15) is 0 Å². The minimum absolute atomic E-state index is 0.0741. The number of β-lactam (4-membered cyclic amide) rings is 1. The lowest BCUT2D eigenvalue weighted by Gasteiger charge is -2.57. The molecule has 0 spiro atoms. The van der Waals surface area contributed by atoms with Gasteiger partial charge >= 0.3 is 5.97 Å². The van der Waals surface area contributed by atoms with Crippen LogP contribution in [-0.4, -0.2) is 66.2 Å². The fraction of sp³-hybridized carbons (Fsp3) is 0.289. The molecule has 2 aliphatic rings. The van der Waals surface area contributed by atoms with Crippen LogP contribution in [0, 0.1) is 0 Å². The minimum Gasteiger partial charge on any atom is -0.458 e. The first-order valence-corrected chi connectivity index (χ1v) is 20.1. The monoisotopic (exact) mass is 745 g/mol. The third-order valence-electron chi connectivity index (χ3n) is 8.74. The summed E-state index contributed by atoms with van der Waals surface area (Å²) in [6, 6.07) is 37.8. The number of nitrogens with one attached hydrogen (secondary N) is 1. The molecule has 3 unspecified atom stereocenters. The van der Waals surface area contributed by atoms with Gasteiger partial charge in [0.05, 0.1) is 12.6 Å². The molecule has 1 N–H and O–H groups in total. The summed E-state index contributed by atoms with van der Waals surface area (Å²) in [5, 5.41) is 5.25. The fourth-order valence-corrected chi connectivity index (χ4v) is 15.6. The lowest BCUT2D eigenvalue weighted by molar-refractivity contribution is -0.174. The van der Waals surface area contributed by atoms with Crippen molar-refractivity contribution in [1.29, 1.82) is 0 Å². The molecule has 2 amide bonds. The summed E-state index contributed by atoms with van der Waals surface area (Å²) in [5.74, 6) is -1.29. The molecule has 0 aromatic heterocycles. The summed E-state index contributed by atoms with van der Waals surface area (Å²) in [7, 11) is -4.18. The highest BCUT2D eigenvalue weighted by Gasteiger charge is 2.68. The van der Waals surface area contributed by atoms with Crippen LogP contribution in [0.1, 0.15) is 26.3 Å². The molecule has 0 saturated carbocycles. The molecule has 4 aromatic carbocycles. The molecule has 48 heavy (non-hydrogen) atoms. The SMILES string of the molecule is CC(C)(C)OC(=O)C1N2C(=O)[C@@H](NC(=O)Cc3ccccc3)[C@H]2S(=O)CC1(Br)C[P+](c1ccccc1)(c1ccccc1)c1ccccc1. The second kappa shape index (κ2) is 13.7. The number of esters is 1. The van der Waals surface area contributed by atoms with Gasteiger partial charge < -0.3 is 15.0 Å². The number of hydrogen-bond donors (Lipinski definition) is 1. The maximum atomic E-state index is 14.3. The Morgan fingerprint density at radius 3 is 1.77 bits per heavy atom. The third kappa shape index (κ3) is 6.65. The number of rotatable bonds is 9. The van der Waals surface area contributed by atoms with Crippen LogP contribution >= 0.6 is 23.2 Å².